The molecule has 0 N–H and O–H groups in total. The number of amides is 1. The summed E-state index contributed by atoms with van der Waals surface area (Å²) in [6, 6.07) is 2.54. The van der Waals surface area contributed by atoms with Crippen molar-refractivity contribution in [3.63, 3.8) is 0 Å². The maximum Gasteiger partial charge on any atom is 0.274 e. The van der Waals surface area contributed by atoms with Crippen molar-refractivity contribution in [1.82, 2.24) is 19.6 Å². The molecule has 0 saturated carbocycles. The minimum Gasteiger partial charge on any atom is -0.332 e. The van der Waals surface area contributed by atoms with Crippen molar-refractivity contribution in [2.24, 2.45) is 0 Å². The van der Waals surface area contributed by atoms with Gasteiger partial charge in [0.2, 0.25) is 0 Å². The topological polar surface area (TPSA) is 41.4 Å². The van der Waals surface area contributed by atoms with Crippen LogP contribution in [0.2, 0.25) is 0 Å². The van der Waals surface area contributed by atoms with Gasteiger partial charge in [-0.2, -0.15) is 5.10 Å². The SMILES string of the molecule is CC(C)n1ccc(C(=O)N2CCN3CCC2C3)n1. The molecule has 2 unspecified atom stereocenters. The summed E-state index contributed by atoms with van der Waals surface area (Å²) in [5.74, 6) is 0.0981. The van der Waals surface area contributed by atoms with E-state index in [0.29, 0.717) is 17.8 Å². The highest BCUT2D eigenvalue weighted by Crippen LogP contribution is 2.22. The summed E-state index contributed by atoms with van der Waals surface area (Å²) < 4.78 is 1.85. The fourth-order valence-corrected chi connectivity index (χ4v) is 2.86. The fraction of sp³-hybridized carbons (Fsp3) is 0.692. The van der Waals surface area contributed by atoms with Gasteiger partial charge in [-0.15, -0.1) is 0 Å². The van der Waals surface area contributed by atoms with Crippen molar-refractivity contribution in [3.05, 3.63) is 18.0 Å². The number of nitrogens with zero attached hydrogens (tertiary/aromatic N) is 4. The van der Waals surface area contributed by atoms with Crippen molar-refractivity contribution in [1.29, 1.82) is 0 Å². The molecule has 2 bridgehead atoms. The first-order chi connectivity index (χ1) is 8.65. The average molecular weight is 248 g/mol. The monoisotopic (exact) mass is 248 g/mol. The fourth-order valence-electron chi connectivity index (χ4n) is 2.86. The minimum atomic E-state index is 0.0981. The lowest BCUT2D eigenvalue weighted by atomic mass is 10.2. The predicted octanol–water partition coefficient (Wildman–Crippen LogP) is 0.994. The molecule has 3 rings (SSSR count). The normalized spacial score (nSPS) is 26.9. The van der Waals surface area contributed by atoms with Crippen LogP contribution in [-0.2, 0) is 0 Å². The van der Waals surface area contributed by atoms with Crippen molar-refractivity contribution >= 4 is 5.91 Å². The Morgan fingerprint density at radius 3 is 2.94 bits per heavy atom. The number of hydrogen-bond acceptors (Lipinski definition) is 3. The number of piperazine rings is 1. The number of hydrogen-bond donors (Lipinski definition) is 0. The first-order valence-corrected chi connectivity index (χ1v) is 6.73. The third-order valence-electron chi connectivity index (χ3n) is 3.96. The zero-order valence-electron chi connectivity index (χ0n) is 11.0. The molecular weight excluding hydrogens is 228 g/mol. The molecule has 5 heteroatoms. The van der Waals surface area contributed by atoms with Crippen LogP contribution in [0.1, 0.15) is 36.8 Å². The molecule has 2 fully saturated rings. The predicted molar refractivity (Wildman–Crippen MR) is 68.5 cm³/mol. The summed E-state index contributed by atoms with van der Waals surface area (Å²) in [7, 11) is 0. The van der Waals surface area contributed by atoms with Crippen LogP contribution >= 0.6 is 0 Å². The van der Waals surface area contributed by atoms with E-state index < -0.39 is 0 Å². The number of aromatic nitrogens is 2. The van der Waals surface area contributed by atoms with Crippen molar-refractivity contribution in [2.75, 3.05) is 26.2 Å². The van der Waals surface area contributed by atoms with Crippen molar-refractivity contribution in [2.45, 2.75) is 32.4 Å². The van der Waals surface area contributed by atoms with Gasteiger partial charge in [0.25, 0.3) is 5.91 Å². The molecule has 2 aliphatic rings. The maximum atomic E-state index is 12.5. The zero-order valence-corrected chi connectivity index (χ0v) is 11.0. The largest absolute Gasteiger partial charge is 0.332 e. The lowest BCUT2D eigenvalue weighted by molar-refractivity contribution is 0.0602. The van der Waals surface area contributed by atoms with Gasteiger partial charge in [-0.05, 0) is 26.3 Å². The van der Waals surface area contributed by atoms with E-state index in [4.69, 9.17) is 0 Å². The highest BCUT2D eigenvalue weighted by atomic mass is 16.2. The van der Waals surface area contributed by atoms with E-state index in [2.05, 4.69) is 23.8 Å². The van der Waals surface area contributed by atoms with Crippen LogP contribution in [0.25, 0.3) is 0 Å². The van der Waals surface area contributed by atoms with Gasteiger partial charge in [-0.25, -0.2) is 0 Å². The van der Waals surface area contributed by atoms with Crippen LogP contribution in [0.4, 0.5) is 0 Å². The van der Waals surface area contributed by atoms with Crippen molar-refractivity contribution < 1.29 is 4.79 Å². The van der Waals surface area contributed by atoms with Gasteiger partial charge in [0, 0.05) is 44.5 Å². The third-order valence-corrected chi connectivity index (χ3v) is 3.96. The van der Waals surface area contributed by atoms with E-state index in [1.807, 2.05) is 21.8 Å². The molecule has 98 valence electrons. The Hall–Kier alpha value is -1.36. The molecule has 0 aliphatic carbocycles. The first kappa shape index (κ1) is 11.7. The number of carbonyl (C=O) groups excluding carboxylic acids is 1. The Balaban J connectivity index is 1.77. The zero-order chi connectivity index (χ0) is 12.7. The van der Waals surface area contributed by atoms with Crippen LogP contribution < -0.4 is 0 Å². The molecule has 2 atom stereocenters. The molecule has 2 aliphatic heterocycles. The van der Waals surface area contributed by atoms with Gasteiger partial charge >= 0.3 is 0 Å². The number of fused-ring (bicyclic) bond motifs is 2. The maximum absolute atomic E-state index is 12.5. The Bertz CT molecular complexity index is 454. The minimum absolute atomic E-state index is 0.0981. The van der Waals surface area contributed by atoms with Crippen LogP contribution in [-0.4, -0.2) is 57.7 Å². The van der Waals surface area contributed by atoms with Gasteiger partial charge in [0.05, 0.1) is 0 Å². The summed E-state index contributed by atoms with van der Waals surface area (Å²) >= 11 is 0. The molecule has 0 aromatic carbocycles. The average Bonchev–Trinajstić information content (AvgIpc) is 2.96. The molecule has 1 aromatic heterocycles. The Labute approximate surface area is 107 Å². The van der Waals surface area contributed by atoms with Gasteiger partial charge < -0.3 is 4.90 Å². The first-order valence-electron chi connectivity index (χ1n) is 6.73. The summed E-state index contributed by atoms with van der Waals surface area (Å²) in [5, 5.41) is 4.38. The molecular formula is C13H20N4O. The summed E-state index contributed by atoms with van der Waals surface area (Å²) in [6.07, 6.45) is 3.00. The van der Waals surface area contributed by atoms with Crippen LogP contribution in [0.5, 0.6) is 0 Å². The number of rotatable bonds is 2. The van der Waals surface area contributed by atoms with E-state index in [9.17, 15) is 4.79 Å². The lowest BCUT2D eigenvalue weighted by Gasteiger charge is -2.33. The van der Waals surface area contributed by atoms with E-state index in [0.717, 1.165) is 32.6 Å². The van der Waals surface area contributed by atoms with Crippen molar-refractivity contribution in [3.8, 4) is 0 Å². The molecule has 3 heterocycles. The van der Waals surface area contributed by atoms with Crippen LogP contribution in [0.15, 0.2) is 12.3 Å². The lowest BCUT2D eigenvalue weighted by Crippen LogP contribution is -2.49. The highest BCUT2D eigenvalue weighted by molar-refractivity contribution is 5.92. The molecule has 0 spiro atoms. The smallest absolute Gasteiger partial charge is 0.274 e. The third kappa shape index (κ3) is 1.92. The molecule has 1 amide bonds. The van der Waals surface area contributed by atoms with Crippen LogP contribution in [0.3, 0.4) is 0 Å². The Kier molecular flexibility index (Phi) is 2.86. The summed E-state index contributed by atoms with van der Waals surface area (Å²) in [5.41, 5.74) is 0.587. The highest BCUT2D eigenvalue weighted by Gasteiger charge is 2.35. The second-order valence-electron chi connectivity index (χ2n) is 5.52. The second-order valence-corrected chi connectivity index (χ2v) is 5.52. The molecule has 2 saturated heterocycles. The summed E-state index contributed by atoms with van der Waals surface area (Å²) in [6.45, 7) is 8.16. The summed E-state index contributed by atoms with van der Waals surface area (Å²) in [4.78, 5) is 16.9. The van der Waals surface area contributed by atoms with Gasteiger partial charge in [0.1, 0.15) is 5.69 Å². The Morgan fingerprint density at radius 2 is 2.22 bits per heavy atom. The molecule has 0 radical (unpaired) electrons. The molecule has 5 nitrogen and oxygen atoms in total. The van der Waals surface area contributed by atoms with Gasteiger partial charge in [0.15, 0.2) is 0 Å². The van der Waals surface area contributed by atoms with Gasteiger partial charge in [-0.1, -0.05) is 0 Å². The standard InChI is InChI=1S/C13H20N4O/c1-10(2)17-6-4-12(14-17)13(18)16-8-7-15-5-3-11(16)9-15/h4,6,10-11H,3,5,7-9H2,1-2H3. The van der Waals surface area contributed by atoms with E-state index >= 15 is 0 Å². The van der Waals surface area contributed by atoms with Gasteiger partial charge in [-0.3, -0.25) is 14.4 Å². The van der Waals surface area contributed by atoms with E-state index in [1.165, 1.54) is 0 Å². The molecule has 18 heavy (non-hydrogen) atoms. The second kappa shape index (κ2) is 4.39. The quantitative estimate of drug-likeness (QED) is 0.784. The molecule has 1 aromatic rings. The van der Waals surface area contributed by atoms with E-state index in [-0.39, 0.29) is 5.91 Å². The number of carbonyl (C=O) groups is 1. The Morgan fingerprint density at radius 1 is 1.39 bits per heavy atom. The van der Waals surface area contributed by atoms with Crippen LogP contribution in [0, 0.1) is 0 Å². The van der Waals surface area contributed by atoms with E-state index in [1.54, 1.807) is 0 Å².